The molecule has 1 fully saturated rings. The van der Waals surface area contributed by atoms with Gasteiger partial charge in [-0.1, -0.05) is 6.07 Å². The van der Waals surface area contributed by atoms with Crippen LogP contribution in [-0.4, -0.2) is 71.8 Å². The molecule has 2 amide bonds. The van der Waals surface area contributed by atoms with Gasteiger partial charge in [-0.15, -0.1) is 0 Å². The zero-order valence-corrected chi connectivity index (χ0v) is 14.5. The number of hydrogen-bond donors (Lipinski definition) is 0. The molecule has 126 valence electrons. The molecule has 0 aliphatic carbocycles. The Kier molecular flexibility index (Phi) is 5.71. The summed E-state index contributed by atoms with van der Waals surface area (Å²) in [5, 5.41) is 0. The molecule has 2 rings (SSSR count). The number of aryl methyl sites for hydroxylation is 1. The van der Waals surface area contributed by atoms with Gasteiger partial charge in [-0.3, -0.25) is 19.5 Å². The van der Waals surface area contributed by atoms with E-state index in [-0.39, 0.29) is 17.7 Å². The van der Waals surface area contributed by atoms with Gasteiger partial charge in [0.15, 0.2) is 0 Å². The Bertz CT molecular complexity index is 573. The SMILES string of the molecule is CC(=O)N1CCN(Cc2cccc(C)n2)CC(C(=O)N(C)C)C1. The van der Waals surface area contributed by atoms with Crippen LogP contribution in [0.3, 0.4) is 0 Å². The van der Waals surface area contributed by atoms with Crippen molar-refractivity contribution in [1.82, 2.24) is 19.7 Å². The first-order chi connectivity index (χ1) is 10.9. The maximum atomic E-state index is 12.4. The van der Waals surface area contributed by atoms with Crippen molar-refractivity contribution in [1.29, 1.82) is 0 Å². The van der Waals surface area contributed by atoms with Crippen molar-refractivity contribution in [3.05, 3.63) is 29.6 Å². The first kappa shape index (κ1) is 17.4. The van der Waals surface area contributed by atoms with E-state index in [1.165, 1.54) is 0 Å². The fraction of sp³-hybridized carbons (Fsp3) is 0.588. The van der Waals surface area contributed by atoms with Gasteiger partial charge in [-0.05, 0) is 19.1 Å². The Morgan fingerprint density at radius 2 is 2.00 bits per heavy atom. The smallest absolute Gasteiger partial charge is 0.228 e. The third kappa shape index (κ3) is 4.76. The van der Waals surface area contributed by atoms with E-state index < -0.39 is 0 Å². The van der Waals surface area contributed by atoms with Gasteiger partial charge in [0.05, 0.1) is 11.6 Å². The first-order valence-corrected chi connectivity index (χ1v) is 7.98. The summed E-state index contributed by atoms with van der Waals surface area (Å²) < 4.78 is 0. The minimum absolute atomic E-state index is 0.0251. The van der Waals surface area contributed by atoms with E-state index in [1.807, 2.05) is 25.1 Å². The van der Waals surface area contributed by atoms with Crippen LogP contribution in [-0.2, 0) is 16.1 Å². The predicted molar refractivity (Wildman–Crippen MR) is 88.7 cm³/mol. The van der Waals surface area contributed by atoms with Gasteiger partial charge >= 0.3 is 0 Å². The Balaban J connectivity index is 2.13. The highest BCUT2D eigenvalue weighted by molar-refractivity contribution is 5.80. The van der Waals surface area contributed by atoms with Crippen molar-refractivity contribution in [3.63, 3.8) is 0 Å². The van der Waals surface area contributed by atoms with Crippen molar-refractivity contribution >= 4 is 11.8 Å². The van der Waals surface area contributed by atoms with Gasteiger partial charge in [0, 0.05) is 59.4 Å². The van der Waals surface area contributed by atoms with Crippen LogP contribution in [0.2, 0.25) is 0 Å². The van der Waals surface area contributed by atoms with Gasteiger partial charge in [0.25, 0.3) is 0 Å². The van der Waals surface area contributed by atoms with E-state index >= 15 is 0 Å². The molecular formula is C17H26N4O2. The number of carbonyl (C=O) groups excluding carboxylic acids is 2. The van der Waals surface area contributed by atoms with Crippen LogP contribution in [0.1, 0.15) is 18.3 Å². The van der Waals surface area contributed by atoms with E-state index in [0.29, 0.717) is 26.2 Å². The van der Waals surface area contributed by atoms with Gasteiger partial charge in [0.1, 0.15) is 0 Å². The fourth-order valence-corrected chi connectivity index (χ4v) is 2.95. The molecule has 0 aromatic carbocycles. The number of nitrogens with zero attached hydrogens (tertiary/aromatic N) is 4. The number of hydrogen-bond acceptors (Lipinski definition) is 4. The van der Waals surface area contributed by atoms with Gasteiger partial charge in [-0.25, -0.2) is 0 Å². The maximum Gasteiger partial charge on any atom is 0.228 e. The Morgan fingerprint density at radius 1 is 1.26 bits per heavy atom. The predicted octanol–water partition coefficient (Wildman–Crippen LogP) is 0.759. The summed E-state index contributed by atoms with van der Waals surface area (Å²) in [4.78, 5) is 34.3. The van der Waals surface area contributed by atoms with E-state index in [2.05, 4.69) is 9.88 Å². The van der Waals surface area contributed by atoms with Crippen LogP contribution < -0.4 is 0 Å². The van der Waals surface area contributed by atoms with E-state index in [0.717, 1.165) is 17.9 Å². The van der Waals surface area contributed by atoms with Gasteiger partial charge in [0.2, 0.25) is 11.8 Å². The van der Waals surface area contributed by atoms with Crippen molar-refractivity contribution in [3.8, 4) is 0 Å². The van der Waals surface area contributed by atoms with Crippen molar-refractivity contribution in [2.45, 2.75) is 20.4 Å². The molecule has 1 aliphatic rings. The summed E-state index contributed by atoms with van der Waals surface area (Å²) >= 11 is 0. The number of aromatic nitrogens is 1. The fourth-order valence-electron chi connectivity index (χ4n) is 2.95. The molecule has 1 atom stereocenters. The number of carbonyl (C=O) groups is 2. The lowest BCUT2D eigenvalue weighted by molar-refractivity contribution is -0.135. The molecule has 23 heavy (non-hydrogen) atoms. The molecule has 6 heteroatoms. The highest BCUT2D eigenvalue weighted by Gasteiger charge is 2.30. The summed E-state index contributed by atoms with van der Waals surface area (Å²) in [6, 6.07) is 5.98. The Morgan fingerprint density at radius 3 is 2.61 bits per heavy atom. The van der Waals surface area contributed by atoms with Gasteiger partial charge in [-0.2, -0.15) is 0 Å². The molecule has 1 aromatic heterocycles. The molecule has 0 saturated carbocycles. The molecule has 0 bridgehead atoms. The third-order valence-corrected chi connectivity index (χ3v) is 4.17. The van der Waals surface area contributed by atoms with E-state index in [9.17, 15) is 9.59 Å². The van der Waals surface area contributed by atoms with Crippen LogP contribution >= 0.6 is 0 Å². The standard InChI is InChI=1S/C17H26N4O2/c1-13-6-5-7-16(18-13)12-20-8-9-21(14(2)22)11-15(10-20)17(23)19(3)4/h5-7,15H,8-12H2,1-4H3. The zero-order valence-electron chi connectivity index (χ0n) is 14.5. The molecule has 1 saturated heterocycles. The second kappa shape index (κ2) is 7.55. The Hall–Kier alpha value is -1.95. The average Bonchev–Trinajstić information content (AvgIpc) is 2.69. The quantitative estimate of drug-likeness (QED) is 0.826. The van der Waals surface area contributed by atoms with Crippen molar-refractivity contribution in [2.75, 3.05) is 40.3 Å². The van der Waals surface area contributed by atoms with E-state index in [1.54, 1.807) is 30.8 Å². The van der Waals surface area contributed by atoms with Crippen LogP contribution in [0.5, 0.6) is 0 Å². The summed E-state index contributed by atoms with van der Waals surface area (Å²) in [5.41, 5.74) is 1.99. The topological polar surface area (TPSA) is 56.8 Å². The maximum absolute atomic E-state index is 12.4. The molecular weight excluding hydrogens is 292 g/mol. The molecule has 2 heterocycles. The lowest BCUT2D eigenvalue weighted by atomic mass is 10.1. The largest absolute Gasteiger partial charge is 0.348 e. The van der Waals surface area contributed by atoms with Gasteiger partial charge < -0.3 is 9.80 Å². The van der Waals surface area contributed by atoms with Crippen LogP contribution in [0.15, 0.2) is 18.2 Å². The molecule has 0 N–H and O–H groups in total. The molecule has 1 unspecified atom stereocenters. The normalized spacial score (nSPS) is 19.3. The highest BCUT2D eigenvalue weighted by atomic mass is 16.2. The molecule has 0 spiro atoms. The second-order valence-electron chi connectivity index (χ2n) is 6.40. The minimum Gasteiger partial charge on any atom is -0.348 e. The minimum atomic E-state index is -0.193. The molecule has 0 radical (unpaired) electrons. The first-order valence-electron chi connectivity index (χ1n) is 7.98. The summed E-state index contributed by atoms with van der Waals surface area (Å²) in [5.74, 6) is -0.0985. The summed E-state index contributed by atoms with van der Waals surface area (Å²) in [7, 11) is 3.52. The summed E-state index contributed by atoms with van der Waals surface area (Å²) in [6.45, 7) is 6.78. The number of amides is 2. The van der Waals surface area contributed by atoms with Crippen LogP contribution in [0.25, 0.3) is 0 Å². The van der Waals surface area contributed by atoms with Crippen LogP contribution in [0, 0.1) is 12.8 Å². The average molecular weight is 318 g/mol. The molecule has 6 nitrogen and oxygen atoms in total. The Labute approximate surface area is 138 Å². The number of rotatable bonds is 3. The summed E-state index contributed by atoms with van der Waals surface area (Å²) in [6.07, 6.45) is 0. The molecule has 1 aliphatic heterocycles. The lowest BCUT2D eigenvalue weighted by Crippen LogP contribution is -2.41. The lowest BCUT2D eigenvalue weighted by Gasteiger charge is -2.25. The zero-order chi connectivity index (χ0) is 17.0. The number of pyridine rings is 1. The van der Waals surface area contributed by atoms with Crippen LogP contribution in [0.4, 0.5) is 0 Å². The highest BCUT2D eigenvalue weighted by Crippen LogP contribution is 2.14. The molecule has 1 aromatic rings. The van der Waals surface area contributed by atoms with Crippen molar-refractivity contribution in [2.24, 2.45) is 5.92 Å². The van der Waals surface area contributed by atoms with E-state index in [4.69, 9.17) is 0 Å². The third-order valence-electron chi connectivity index (χ3n) is 4.17. The second-order valence-corrected chi connectivity index (χ2v) is 6.40. The van der Waals surface area contributed by atoms with Crippen molar-refractivity contribution < 1.29 is 9.59 Å². The monoisotopic (exact) mass is 318 g/mol.